The van der Waals surface area contributed by atoms with Gasteiger partial charge in [0.15, 0.2) is 0 Å². The van der Waals surface area contributed by atoms with Crippen LogP contribution >= 0.6 is 0 Å². The number of carbonyl (C=O) groups is 2. The van der Waals surface area contributed by atoms with E-state index in [-0.39, 0.29) is 44.1 Å². The molecule has 1 heterocycles. The van der Waals surface area contributed by atoms with Gasteiger partial charge in [-0.3, -0.25) is 9.59 Å². The lowest BCUT2D eigenvalue weighted by Crippen LogP contribution is -2.48. The van der Waals surface area contributed by atoms with Crippen molar-refractivity contribution >= 4 is 11.8 Å². The number of aliphatic hydroxyl groups excluding tert-OH is 2. The number of nitrogens with zero attached hydrogens (tertiary/aromatic N) is 1. The molecule has 1 aliphatic rings. The first kappa shape index (κ1) is 25.6. The number of hydrogen-bond donors (Lipinski definition) is 3. The summed E-state index contributed by atoms with van der Waals surface area (Å²) in [5.74, 6) is -1.13. The van der Waals surface area contributed by atoms with Gasteiger partial charge in [-0.15, -0.1) is 6.58 Å². The fourth-order valence-corrected chi connectivity index (χ4v) is 4.21. The molecule has 0 radical (unpaired) electrons. The van der Waals surface area contributed by atoms with E-state index in [0.29, 0.717) is 26.0 Å². The highest BCUT2D eigenvalue weighted by molar-refractivity contribution is 5.86. The van der Waals surface area contributed by atoms with Gasteiger partial charge in [0.05, 0.1) is 44.4 Å². The Morgan fingerprint density at radius 3 is 2.50 bits per heavy atom. The third-order valence-corrected chi connectivity index (χ3v) is 6.13. The van der Waals surface area contributed by atoms with Gasteiger partial charge in [0, 0.05) is 13.0 Å². The van der Waals surface area contributed by atoms with Crippen LogP contribution in [0.3, 0.4) is 0 Å². The van der Waals surface area contributed by atoms with Crippen LogP contribution < -0.4 is 5.32 Å². The third kappa shape index (κ3) is 7.00. The molecule has 2 amide bonds. The van der Waals surface area contributed by atoms with Crippen molar-refractivity contribution < 1.29 is 24.5 Å². The maximum Gasteiger partial charge on any atom is 0.224 e. The molecule has 0 saturated carbocycles. The number of aliphatic hydroxyl groups is 2. The van der Waals surface area contributed by atoms with Crippen molar-refractivity contribution in [3.05, 3.63) is 83.9 Å². The predicted octanol–water partition coefficient (Wildman–Crippen LogP) is 2.21. The van der Waals surface area contributed by atoms with E-state index < -0.39 is 12.0 Å². The molecule has 7 heteroatoms. The van der Waals surface area contributed by atoms with Gasteiger partial charge in [-0.05, 0) is 29.5 Å². The minimum absolute atomic E-state index is 0.000455. The summed E-state index contributed by atoms with van der Waals surface area (Å²) >= 11 is 0. The Kier molecular flexibility index (Phi) is 9.82. The second kappa shape index (κ2) is 13.0. The van der Waals surface area contributed by atoms with E-state index in [1.54, 1.807) is 11.0 Å². The van der Waals surface area contributed by atoms with Crippen molar-refractivity contribution in [3.8, 4) is 0 Å². The van der Waals surface area contributed by atoms with E-state index >= 15 is 0 Å². The molecule has 0 unspecified atom stereocenters. The maximum absolute atomic E-state index is 13.2. The average Bonchev–Trinajstić information content (AvgIpc) is 2.87. The van der Waals surface area contributed by atoms with Gasteiger partial charge in [0.1, 0.15) is 0 Å². The Labute approximate surface area is 201 Å². The normalized spacial score (nSPS) is 16.9. The summed E-state index contributed by atoms with van der Waals surface area (Å²) in [6.07, 6.45) is 2.53. The van der Waals surface area contributed by atoms with Crippen LogP contribution in [0.25, 0.3) is 0 Å². The van der Waals surface area contributed by atoms with Crippen LogP contribution in [-0.4, -0.2) is 58.8 Å². The zero-order chi connectivity index (χ0) is 24.3. The second-order valence-corrected chi connectivity index (χ2v) is 8.65. The van der Waals surface area contributed by atoms with Crippen LogP contribution in [0, 0.1) is 5.92 Å². The Morgan fingerprint density at radius 1 is 1.12 bits per heavy atom. The van der Waals surface area contributed by atoms with Gasteiger partial charge in [0.25, 0.3) is 0 Å². The largest absolute Gasteiger partial charge is 0.394 e. The Hall–Kier alpha value is -3.00. The molecule has 34 heavy (non-hydrogen) atoms. The molecule has 0 spiro atoms. The molecule has 0 aliphatic carbocycles. The molecule has 7 nitrogen and oxygen atoms in total. The smallest absolute Gasteiger partial charge is 0.224 e. The number of nitrogens with one attached hydrogen (secondary N) is 1. The van der Waals surface area contributed by atoms with Crippen LogP contribution in [0.1, 0.15) is 29.5 Å². The minimum atomic E-state index is -0.621. The number of carbonyl (C=O) groups excluding carboxylic acids is 2. The standard InChI is InChI=1S/C27H34N2O5/c1-2-8-22(27(33)28-24(16-30)19-34-18-20-9-4-3-5-10-20)14-26(32)29-15-23-12-7-6-11-21(23)13-25(29)17-31/h2-7,9-12,22,24-25,30-31H,1,8,13-19H2,(H,28,33)/t22-,24-,25+/m1/s1. The molecule has 0 saturated heterocycles. The summed E-state index contributed by atoms with van der Waals surface area (Å²) in [6.45, 7) is 4.26. The first-order valence-electron chi connectivity index (χ1n) is 11.7. The summed E-state index contributed by atoms with van der Waals surface area (Å²) in [4.78, 5) is 27.8. The number of ether oxygens (including phenoxy) is 1. The van der Waals surface area contributed by atoms with Crippen LogP contribution in [0.5, 0.6) is 0 Å². The quantitative estimate of drug-likeness (QED) is 0.417. The van der Waals surface area contributed by atoms with Gasteiger partial charge in [-0.1, -0.05) is 60.7 Å². The average molecular weight is 467 g/mol. The molecule has 0 bridgehead atoms. The van der Waals surface area contributed by atoms with Crippen LogP contribution in [0.4, 0.5) is 0 Å². The Balaban J connectivity index is 1.57. The van der Waals surface area contributed by atoms with Crippen molar-refractivity contribution in [3.63, 3.8) is 0 Å². The van der Waals surface area contributed by atoms with Gasteiger partial charge >= 0.3 is 0 Å². The fraction of sp³-hybridized carbons (Fsp3) is 0.407. The minimum Gasteiger partial charge on any atom is -0.394 e. The predicted molar refractivity (Wildman–Crippen MR) is 130 cm³/mol. The van der Waals surface area contributed by atoms with E-state index in [0.717, 1.165) is 16.7 Å². The van der Waals surface area contributed by atoms with Crippen LogP contribution in [0.15, 0.2) is 67.3 Å². The van der Waals surface area contributed by atoms with Gasteiger partial charge < -0.3 is 25.2 Å². The Morgan fingerprint density at radius 2 is 1.82 bits per heavy atom. The highest BCUT2D eigenvalue weighted by atomic mass is 16.5. The van der Waals surface area contributed by atoms with Gasteiger partial charge in [-0.25, -0.2) is 0 Å². The van der Waals surface area contributed by atoms with Gasteiger partial charge in [-0.2, -0.15) is 0 Å². The summed E-state index contributed by atoms with van der Waals surface area (Å²) in [5.41, 5.74) is 3.19. The van der Waals surface area contributed by atoms with Crippen LogP contribution in [-0.2, 0) is 33.9 Å². The molecule has 1 aliphatic heterocycles. The Bertz CT molecular complexity index is 949. The molecule has 3 N–H and O–H groups in total. The topological polar surface area (TPSA) is 99.1 Å². The monoisotopic (exact) mass is 466 g/mol. The highest BCUT2D eigenvalue weighted by Crippen LogP contribution is 2.25. The second-order valence-electron chi connectivity index (χ2n) is 8.65. The summed E-state index contributed by atoms with van der Waals surface area (Å²) < 4.78 is 5.65. The summed E-state index contributed by atoms with van der Waals surface area (Å²) in [6, 6.07) is 16.6. The van der Waals surface area contributed by atoms with Crippen molar-refractivity contribution in [2.75, 3.05) is 19.8 Å². The highest BCUT2D eigenvalue weighted by Gasteiger charge is 2.32. The SMILES string of the molecule is C=CC[C@H](CC(=O)N1Cc2ccccc2C[C@H]1CO)C(=O)N[C@H](CO)COCc1ccccc1. The molecule has 2 aromatic carbocycles. The number of benzene rings is 2. The molecular weight excluding hydrogens is 432 g/mol. The van der Waals surface area contributed by atoms with E-state index in [9.17, 15) is 19.8 Å². The van der Waals surface area contributed by atoms with Crippen molar-refractivity contribution in [1.29, 1.82) is 0 Å². The zero-order valence-electron chi connectivity index (χ0n) is 19.4. The lowest BCUT2D eigenvalue weighted by Gasteiger charge is -2.36. The van der Waals surface area contributed by atoms with E-state index in [1.807, 2.05) is 54.6 Å². The summed E-state index contributed by atoms with van der Waals surface area (Å²) in [5, 5.41) is 22.4. The number of amides is 2. The van der Waals surface area contributed by atoms with Gasteiger partial charge in [0.2, 0.25) is 11.8 Å². The molecular formula is C27H34N2O5. The lowest BCUT2D eigenvalue weighted by molar-refractivity contribution is -0.140. The van der Waals surface area contributed by atoms with E-state index in [4.69, 9.17) is 4.74 Å². The lowest BCUT2D eigenvalue weighted by atomic mass is 9.92. The number of rotatable bonds is 12. The molecule has 3 rings (SSSR count). The fourth-order valence-electron chi connectivity index (χ4n) is 4.21. The third-order valence-electron chi connectivity index (χ3n) is 6.13. The first-order chi connectivity index (χ1) is 16.5. The van der Waals surface area contributed by atoms with E-state index in [2.05, 4.69) is 11.9 Å². The molecule has 0 aromatic heterocycles. The number of fused-ring (bicyclic) bond motifs is 1. The first-order valence-corrected chi connectivity index (χ1v) is 11.7. The number of hydrogen-bond acceptors (Lipinski definition) is 5. The van der Waals surface area contributed by atoms with Crippen LogP contribution in [0.2, 0.25) is 0 Å². The molecule has 182 valence electrons. The molecule has 0 fully saturated rings. The van der Waals surface area contributed by atoms with Crippen molar-refractivity contribution in [2.24, 2.45) is 5.92 Å². The zero-order valence-corrected chi connectivity index (χ0v) is 19.4. The number of allylic oxidation sites excluding steroid dienone is 1. The summed E-state index contributed by atoms with van der Waals surface area (Å²) in [7, 11) is 0. The molecule has 2 aromatic rings. The molecule has 3 atom stereocenters. The van der Waals surface area contributed by atoms with E-state index in [1.165, 1.54) is 0 Å². The van der Waals surface area contributed by atoms with Crippen molar-refractivity contribution in [2.45, 2.75) is 44.5 Å². The van der Waals surface area contributed by atoms with Crippen molar-refractivity contribution in [1.82, 2.24) is 10.2 Å². The maximum atomic E-state index is 13.2.